The fourth-order valence-corrected chi connectivity index (χ4v) is 3.48. The highest BCUT2D eigenvalue weighted by molar-refractivity contribution is 5.79. The van der Waals surface area contributed by atoms with Crippen molar-refractivity contribution in [1.82, 2.24) is 10.2 Å². The zero-order valence-electron chi connectivity index (χ0n) is 13.3. The van der Waals surface area contributed by atoms with Crippen LogP contribution in [-0.4, -0.2) is 49.1 Å². The zero-order chi connectivity index (χ0) is 15.2. The van der Waals surface area contributed by atoms with Gasteiger partial charge in [-0.05, 0) is 25.7 Å². The fourth-order valence-electron chi connectivity index (χ4n) is 3.48. The Kier molecular flexibility index (Phi) is 6.03. The van der Waals surface area contributed by atoms with Gasteiger partial charge in [0.15, 0.2) is 0 Å². The van der Waals surface area contributed by atoms with Crippen LogP contribution in [0.2, 0.25) is 0 Å². The monoisotopic (exact) mass is 296 g/mol. The molecule has 0 aromatic carbocycles. The lowest BCUT2D eigenvalue weighted by molar-refractivity contribution is -0.143. The quantitative estimate of drug-likeness (QED) is 0.785. The number of hydrogen-bond acceptors (Lipinski definition) is 4. The highest BCUT2D eigenvalue weighted by Crippen LogP contribution is 2.26. The van der Waals surface area contributed by atoms with Crippen LogP contribution in [0.3, 0.4) is 0 Å². The van der Waals surface area contributed by atoms with E-state index < -0.39 is 0 Å². The smallest absolute Gasteiger partial charge is 0.322 e. The summed E-state index contributed by atoms with van der Waals surface area (Å²) in [7, 11) is 1.42. The average molecular weight is 296 g/mol. The number of carbonyl (C=O) groups excluding carboxylic acids is 2. The maximum atomic E-state index is 12.5. The molecular weight excluding hydrogens is 268 g/mol. The zero-order valence-corrected chi connectivity index (χ0v) is 13.3. The van der Waals surface area contributed by atoms with Crippen molar-refractivity contribution in [2.24, 2.45) is 5.92 Å². The number of ether oxygens (including phenoxy) is 1. The lowest BCUT2D eigenvalue weighted by Gasteiger charge is -2.26. The predicted molar refractivity (Wildman–Crippen MR) is 80.8 cm³/mol. The summed E-state index contributed by atoms with van der Waals surface area (Å²) in [5.41, 5.74) is 0. The first-order valence-electron chi connectivity index (χ1n) is 8.28. The van der Waals surface area contributed by atoms with E-state index in [1.165, 1.54) is 26.4 Å². The number of amides is 1. The Morgan fingerprint density at radius 3 is 2.57 bits per heavy atom. The van der Waals surface area contributed by atoms with Crippen LogP contribution in [0.4, 0.5) is 0 Å². The highest BCUT2D eigenvalue weighted by atomic mass is 16.5. The van der Waals surface area contributed by atoms with Crippen molar-refractivity contribution in [3.63, 3.8) is 0 Å². The van der Waals surface area contributed by atoms with Gasteiger partial charge in [-0.2, -0.15) is 0 Å². The molecule has 1 aliphatic carbocycles. The predicted octanol–water partition coefficient (Wildman–Crippen LogP) is 1.71. The normalized spacial score (nSPS) is 24.9. The molecular formula is C16H28N2O3. The summed E-state index contributed by atoms with van der Waals surface area (Å²) < 4.78 is 4.80. The number of nitrogens with zero attached hydrogens (tertiary/aromatic N) is 1. The van der Waals surface area contributed by atoms with Crippen molar-refractivity contribution >= 4 is 11.9 Å². The third-order valence-electron chi connectivity index (χ3n) is 4.79. The van der Waals surface area contributed by atoms with Gasteiger partial charge in [0.05, 0.1) is 7.11 Å². The molecule has 0 spiro atoms. The lowest BCUT2D eigenvalue weighted by Crippen LogP contribution is -2.45. The summed E-state index contributed by atoms with van der Waals surface area (Å²) in [6.45, 7) is 3.50. The van der Waals surface area contributed by atoms with E-state index in [2.05, 4.69) is 5.32 Å². The van der Waals surface area contributed by atoms with Crippen molar-refractivity contribution in [3.05, 3.63) is 0 Å². The van der Waals surface area contributed by atoms with Crippen LogP contribution in [0.1, 0.15) is 51.9 Å². The first-order valence-corrected chi connectivity index (χ1v) is 8.28. The van der Waals surface area contributed by atoms with E-state index in [-0.39, 0.29) is 24.0 Å². The van der Waals surface area contributed by atoms with Crippen LogP contribution in [0, 0.1) is 5.92 Å². The van der Waals surface area contributed by atoms with Crippen LogP contribution in [-0.2, 0) is 14.3 Å². The van der Waals surface area contributed by atoms with Gasteiger partial charge in [0, 0.05) is 25.0 Å². The van der Waals surface area contributed by atoms with E-state index >= 15 is 0 Å². The minimum Gasteiger partial charge on any atom is -0.468 e. The summed E-state index contributed by atoms with van der Waals surface area (Å²) in [6.07, 6.45) is 7.37. The molecule has 2 fully saturated rings. The maximum Gasteiger partial charge on any atom is 0.322 e. The van der Waals surface area contributed by atoms with Crippen molar-refractivity contribution in [1.29, 1.82) is 0 Å². The first kappa shape index (κ1) is 16.3. The van der Waals surface area contributed by atoms with E-state index in [9.17, 15) is 9.59 Å². The Bertz CT molecular complexity index is 367. The van der Waals surface area contributed by atoms with Gasteiger partial charge >= 0.3 is 5.97 Å². The average Bonchev–Trinajstić information content (AvgIpc) is 3.00. The number of carbonyl (C=O) groups is 2. The Balaban J connectivity index is 1.82. The molecule has 5 nitrogen and oxygen atoms in total. The summed E-state index contributed by atoms with van der Waals surface area (Å²) in [6, 6.07) is -0.0497. The second kappa shape index (κ2) is 7.78. The lowest BCUT2D eigenvalue weighted by atomic mass is 9.88. The second-order valence-corrected chi connectivity index (χ2v) is 6.26. The number of likely N-dealkylation sites (tertiary alicyclic amines) is 1. The van der Waals surface area contributed by atoms with Gasteiger partial charge in [-0.1, -0.05) is 26.2 Å². The number of rotatable bonds is 5. The molecule has 21 heavy (non-hydrogen) atoms. The van der Waals surface area contributed by atoms with Gasteiger partial charge in [-0.25, -0.2) is 0 Å². The van der Waals surface area contributed by atoms with Crippen molar-refractivity contribution in [2.75, 3.05) is 20.2 Å². The van der Waals surface area contributed by atoms with E-state index in [1.807, 2.05) is 11.8 Å². The van der Waals surface area contributed by atoms with Gasteiger partial charge in [0.25, 0.3) is 0 Å². The number of methoxy groups -OCH3 is 1. The number of nitrogens with one attached hydrogen (secondary N) is 1. The number of hydrogen-bond donors (Lipinski definition) is 1. The highest BCUT2D eigenvalue weighted by Gasteiger charge is 2.33. The number of esters is 1. The topological polar surface area (TPSA) is 58.6 Å². The van der Waals surface area contributed by atoms with Crippen molar-refractivity contribution < 1.29 is 14.3 Å². The molecule has 2 atom stereocenters. The molecule has 1 saturated carbocycles. The molecule has 2 aliphatic rings. The standard InChI is InChI=1S/C16H28N2O3/c1-3-14(16(20)21-2)17-13-9-10-18(11-13)15(19)12-7-5-4-6-8-12/h12-14,17H,3-11H2,1-2H3/t13-,14-/m1/s1. The van der Waals surface area contributed by atoms with Crippen molar-refractivity contribution in [2.45, 2.75) is 64.0 Å². The van der Waals surface area contributed by atoms with E-state index in [0.29, 0.717) is 12.3 Å². The molecule has 0 bridgehead atoms. The van der Waals surface area contributed by atoms with E-state index in [1.54, 1.807) is 0 Å². The van der Waals surface area contributed by atoms with Crippen LogP contribution >= 0.6 is 0 Å². The Morgan fingerprint density at radius 1 is 1.24 bits per heavy atom. The molecule has 1 aliphatic heterocycles. The van der Waals surface area contributed by atoms with Crippen LogP contribution in [0.5, 0.6) is 0 Å². The molecule has 0 aromatic heterocycles. The summed E-state index contributed by atoms with van der Waals surface area (Å²) in [5.74, 6) is 0.347. The fraction of sp³-hybridized carbons (Fsp3) is 0.875. The van der Waals surface area contributed by atoms with Gasteiger partial charge in [0.1, 0.15) is 6.04 Å². The molecule has 1 N–H and O–H groups in total. The third-order valence-corrected chi connectivity index (χ3v) is 4.79. The van der Waals surface area contributed by atoms with Gasteiger partial charge in [-0.3, -0.25) is 14.9 Å². The summed E-state index contributed by atoms with van der Waals surface area (Å²) in [5, 5.41) is 3.34. The van der Waals surface area contributed by atoms with Gasteiger partial charge in [0.2, 0.25) is 5.91 Å². The molecule has 0 aromatic rings. The summed E-state index contributed by atoms with van der Waals surface area (Å²) in [4.78, 5) is 26.1. The maximum absolute atomic E-state index is 12.5. The summed E-state index contributed by atoms with van der Waals surface area (Å²) >= 11 is 0. The first-order chi connectivity index (χ1) is 10.2. The Morgan fingerprint density at radius 2 is 1.95 bits per heavy atom. The van der Waals surface area contributed by atoms with Crippen LogP contribution in [0.15, 0.2) is 0 Å². The molecule has 120 valence electrons. The van der Waals surface area contributed by atoms with Crippen molar-refractivity contribution in [3.8, 4) is 0 Å². The second-order valence-electron chi connectivity index (χ2n) is 6.26. The van der Waals surface area contributed by atoms with Gasteiger partial charge < -0.3 is 9.64 Å². The molecule has 2 rings (SSSR count). The Hall–Kier alpha value is -1.10. The SMILES string of the molecule is CC[C@@H](N[C@@H]1CCN(C(=O)C2CCCCC2)C1)C(=O)OC. The molecule has 0 radical (unpaired) electrons. The minimum absolute atomic E-state index is 0.210. The van der Waals surface area contributed by atoms with E-state index in [0.717, 1.165) is 32.4 Å². The van der Waals surface area contributed by atoms with E-state index in [4.69, 9.17) is 4.74 Å². The molecule has 1 amide bonds. The molecule has 1 saturated heterocycles. The molecule has 5 heteroatoms. The largest absolute Gasteiger partial charge is 0.468 e. The minimum atomic E-state index is -0.260. The molecule has 1 heterocycles. The van der Waals surface area contributed by atoms with Crippen LogP contribution < -0.4 is 5.32 Å². The third kappa shape index (κ3) is 4.19. The molecule has 0 unspecified atom stereocenters. The van der Waals surface area contributed by atoms with Gasteiger partial charge in [-0.15, -0.1) is 0 Å². The Labute approximate surface area is 127 Å². The van der Waals surface area contributed by atoms with Crippen LogP contribution in [0.25, 0.3) is 0 Å².